The van der Waals surface area contributed by atoms with Gasteiger partial charge in [-0.15, -0.1) is 0 Å². The maximum Gasteiger partial charge on any atom is 0.238 e. The quantitative estimate of drug-likeness (QED) is 0.826. The van der Waals surface area contributed by atoms with E-state index in [-0.39, 0.29) is 11.7 Å². The van der Waals surface area contributed by atoms with Crippen molar-refractivity contribution in [1.82, 2.24) is 4.90 Å². The Labute approximate surface area is 161 Å². The lowest BCUT2D eigenvalue weighted by Crippen LogP contribution is -2.53. The zero-order valence-electron chi connectivity index (χ0n) is 16.2. The smallest absolute Gasteiger partial charge is 0.238 e. The highest BCUT2D eigenvalue weighted by molar-refractivity contribution is 5.96. The van der Waals surface area contributed by atoms with Crippen molar-refractivity contribution in [3.8, 4) is 0 Å². The lowest BCUT2D eigenvalue weighted by Gasteiger charge is -2.41. The first-order valence-electron chi connectivity index (χ1n) is 9.39. The van der Waals surface area contributed by atoms with E-state index in [1.807, 2.05) is 0 Å². The van der Waals surface area contributed by atoms with Gasteiger partial charge in [0.1, 0.15) is 0 Å². The highest BCUT2D eigenvalue weighted by atomic mass is 16.2. The molecule has 5 nitrogen and oxygen atoms in total. The second-order valence-electron chi connectivity index (χ2n) is 7.29. The van der Waals surface area contributed by atoms with Crippen molar-refractivity contribution >= 4 is 23.1 Å². The summed E-state index contributed by atoms with van der Waals surface area (Å²) in [6, 6.07) is 16.0. The standard InChI is InChI=1S/C22H27N3O2/c1-16-4-10-21(11-5-16)25-13-12-24(14-17(25)2)15-22(27)23-20-8-6-19(7-9-20)18(3)26/h4-11,17H,12-15H2,1-3H3,(H,23,27). The molecule has 2 aromatic carbocycles. The molecule has 1 fully saturated rings. The SMILES string of the molecule is CC(=O)c1ccc(NC(=O)CN2CCN(c3ccc(C)cc3)C(C)C2)cc1. The van der Waals surface area contributed by atoms with Gasteiger partial charge in [0.05, 0.1) is 6.54 Å². The molecular formula is C22H27N3O2. The molecule has 0 aromatic heterocycles. The van der Waals surface area contributed by atoms with Crippen molar-refractivity contribution in [2.75, 3.05) is 36.4 Å². The second-order valence-corrected chi connectivity index (χ2v) is 7.29. The van der Waals surface area contributed by atoms with E-state index in [0.29, 0.717) is 18.2 Å². The van der Waals surface area contributed by atoms with Crippen molar-refractivity contribution in [3.05, 3.63) is 59.7 Å². The lowest BCUT2D eigenvalue weighted by atomic mass is 10.1. The number of benzene rings is 2. The molecule has 27 heavy (non-hydrogen) atoms. The Bertz CT molecular complexity index is 799. The van der Waals surface area contributed by atoms with E-state index >= 15 is 0 Å². The maximum absolute atomic E-state index is 12.4. The number of hydrogen-bond acceptors (Lipinski definition) is 4. The predicted octanol–water partition coefficient (Wildman–Crippen LogP) is 3.35. The number of carbonyl (C=O) groups excluding carboxylic acids is 2. The number of hydrogen-bond donors (Lipinski definition) is 1. The first-order chi connectivity index (χ1) is 12.9. The number of nitrogens with zero attached hydrogens (tertiary/aromatic N) is 2. The molecule has 0 radical (unpaired) electrons. The number of ketones is 1. The molecule has 0 aliphatic carbocycles. The van der Waals surface area contributed by atoms with Crippen molar-refractivity contribution in [1.29, 1.82) is 0 Å². The number of amides is 1. The number of nitrogens with one attached hydrogen (secondary N) is 1. The third-order valence-electron chi connectivity index (χ3n) is 5.02. The zero-order chi connectivity index (χ0) is 19.4. The van der Waals surface area contributed by atoms with Crippen molar-refractivity contribution in [3.63, 3.8) is 0 Å². The molecule has 1 unspecified atom stereocenters. The molecule has 0 spiro atoms. The van der Waals surface area contributed by atoms with E-state index in [1.54, 1.807) is 24.3 Å². The summed E-state index contributed by atoms with van der Waals surface area (Å²) in [5, 5.41) is 2.91. The number of rotatable bonds is 5. The molecule has 1 atom stereocenters. The highest BCUT2D eigenvalue weighted by Crippen LogP contribution is 2.21. The first kappa shape index (κ1) is 19.1. The Kier molecular flexibility index (Phi) is 5.91. The summed E-state index contributed by atoms with van der Waals surface area (Å²) >= 11 is 0. The Hall–Kier alpha value is -2.66. The van der Waals surface area contributed by atoms with Crippen LogP contribution in [0.4, 0.5) is 11.4 Å². The molecule has 5 heteroatoms. The Morgan fingerprint density at radius 3 is 2.30 bits per heavy atom. The van der Waals surface area contributed by atoms with E-state index in [4.69, 9.17) is 0 Å². The van der Waals surface area contributed by atoms with Crippen LogP contribution in [-0.4, -0.2) is 48.8 Å². The van der Waals surface area contributed by atoms with E-state index in [9.17, 15) is 9.59 Å². The van der Waals surface area contributed by atoms with Gasteiger partial charge >= 0.3 is 0 Å². The van der Waals surface area contributed by atoms with Crippen LogP contribution in [0.1, 0.15) is 29.8 Å². The van der Waals surface area contributed by atoms with Gasteiger partial charge in [0.15, 0.2) is 5.78 Å². The average molecular weight is 365 g/mol. The summed E-state index contributed by atoms with van der Waals surface area (Å²) < 4.78 is 0. The van der Waals surface area contributed by atoms with Crippen LogP contribution < -0.4 is 10.2 Å². The minimum absolute atomic E-state index is 0.0216. The van der Waals surface area contributed by atoms with Crippen LogP contribution in [-0.2, 0) is 4.79 Å². The molecule has 1 N–H and O–H groups in total. The van der Waals surface area contributed by atoms with E-state index in [2.05, 4.69) is 53.2 Å². The Morgan fingerprint density at radius 1 is 1.04 bits per heavy atom. The molecule has 1 heterocycles. The average Bonchev–Trinajstić information content (AvgIpc) is 2.63. The highest BCUT2D eigenvalue weighted by Gasteiger charge is 2.25. The van der Waals surface area contributed by atoms with E-state index in [0.717, 1.165) is 25.3 Å². The summed E-state index contributed by atoms with van der Waals surface area (Å²) in [4.78, 5) is 28.3. The third kappa shape index (κ3) is 4.95. The van der Waals surface area contributed by atoms with Crippen LogP contribution in [0.15, 0.2) is 48.5 Å². The Balaban J connectivity index is 1.52. The van der Waals surface area contributed by atoms with E-state index in [1.165, 1.54) is 18.2 Å². The van der Waals surface area contributed by atoms with Crippen LogP contribution in [0.3, 0.4) is 0 Å². The normalized spacial score (nSPS) is 17.6. The molecule has 1 aliphatic heterocycles. The van der Waals surface area contributed by atoms with Gasteiger partial charge < -0.3 is 10.2 Å². The van der Waals surface area contributed by atoms with Gasteiger partial charge in [-0.25, -0.2) is 0 Å². The summed E-state index contributed by atoms with van der Waals surface area (Å²) in [6.07, 6.45) is 0. The van der Waals surface area contributed by atoms with Crippen LogP contribution in [0.5, 0.6) is 0 Å². The monoisotopic (exact) mass is 365 g/mol. The van der Waals surface area contributed by atoms with Gasteiger partial charge in [0.25, 0.3) is 0 Å². The molecule has 3 rings (SSSR count). The third-order valence-corrected chi connectivity index (χ3v) is 5.02. The molecule has 1 amide bonds. The molecule has 0 saturated carbocycles. The molecule has 2 aromatic rings. The minimum Gasteiger partial charge on any atom is -0.366 e. The number of piperazine rings is 1. The number of Topliss-reactive ketones (excluding diaryl/α,β-unsaturated/α-hetero) is 1. The topological polar surface area (TPSA) is 52.7 Å². The molecular weight excluding hydrogens is 338 g/mol. The lowest BCUT2D eigenvalue weighted by molar-refractivity contribution is -0.117. The second kappa shape index (κ2) is 8.35. The molecule has 1 saturated heterocycles. The van der Waals surface area contributed by atoms with Gasteiger partial charge in [-0.05, 0) is 57.2 Å². The van der Waals surface area contributed by atoms with Gasteiger partial charge in [0, 0.05) is 42.6 Å². The fourth-order valence-electron chi connectivity index (χ4n) is 3.49. The Morgan fingerprint density at radius 2 is 1.70 bits per heavy atom. The minimum atomic E-state index is -0.0263. The summed E-state index contributed by atoms with van der Waals surface area (Å²) in [5.41, 5.74) is 3.87. The van der Waals surface area contributed by atoms with E-state index < -0.39 is 0 Å². The number of carbonyl (C=O) groups is 2. The summed E-state index contributed by atoms with van der Waals surface area (Å²) in [5.74, 6) is -0.00475. The molecule has 0 bridgehead atoms. The maximum atomic E-state index is 12.4. The zero-order valence-corrected chi connectivity index (χ0v) is 16.2. The van der Waals surface area contributed by atoms with Crippen LogP contribution in [0, 0.1) is 6.92 Å². The molecule has 142 valence electrons. The van der Waals surface area contributed by atoms with Gasteiger partial charge in [-0.2, -0.15) is 0 Å². The fourth-order valence-corrected chi connectivity index (χ4v) is 3.49. The van der Waals surface area contributed by atoms with Gasteiger partial charge in [-0.3, -0.25) is 14.5 Å². The van der Waals surface area contributed by atoms with Crippen molar-refractivity contribution in [2.24, 2.45) is 0 Å². The van der Waals surface area contributed by atoms with Crippen LogP contribution in [0.25, 0.3) is 0 Å². The summed E-state index contributed by atoms with van der Waals surface area (Å²) in [7, 11) is 0. The van der Waals surface area contributed by atoms with Crippen molar-refractivity contribution in [2.45, 2.75) is 26.8 Å². The fraction of sp³-hybridized carbons (Fsp3) is 0.364. The number of aryl methyl sites for hydroxylation is 1. The predicted molar refractivity (Wildman–Crippen MR) is 110 cm³/mol. The largest absolute Gasteiger partial charge is 0.366 e. The van der Waals surface area contributed by atoms with Gasteiger partial charge in [-0.1, -0.05) is 17.7 Å². The van der Waals surface area contributed by atoms with Crippen molar-refractivity contribution < 1.29 is 9.59 Å². The number of anilines is 2. The van der Waals surface area contributed by atoms with Crippen LogP contribution in [0.2, 0.25) is 0 Å². The van der Waals surface area contributed by atoms with Gasteiger partial charge in [0.2, 0.25) is 5.91 Å². The first-order valence-corrected chi connectivity index (χ1v) is 9.39. The van der Waals surface area contributed by atoms with Crippen LogP contribution >= 0.6 is 0 Å². The molecule has 1 aliphatic rings. The summed E-state index contributed by atoms with van der Waals surface area (Å²) in [6.45, 7) is 8.82.